The number of ether oxygens (including phenoxy) is 2. The predicted molar refractivity (Wildman–Crippen MR) is 254 cm³/mol. The molecule has 374 valence electrons. The van der Waals surface area contributed by atoms with Crippen LogP contribution in [0.15, 0.2) is 70.6 Å². The molecule has 2 aromatic carbocycles. The van der Waals surface area contributed by atoms with E-state index in [-0.39, 0.29) is 54.9 Å². The van der Waals surface area contributed by atoms with Crippen molar-refractivity contribution in [2.45, 2.75) is 65.1 Å². The van der Waals surface area contributed by atoms with Crippen LogP contribution in [-0.4, -0.2) is 127 Å². The SMILES string of the molecule is CCN=c1cc2oc3cc(NCC)c(C)cc3c(-c3ccccc3C(=O)N(C)CCCC(=O)NCCNC(=O)O[C@H]3[C@@H](O)[C@H](n4cnc5c(N)ncnc54)O[C@@H]3COP(=O)(O)OP(=O)(O)O)c-2cc1C. The molecule has 0 bridgehead atoms. The Hall–Kier alpha value is -6.33. The molecule has 1 saturated heterocycles. The zero-order valence-electron chi connectivity index (χ0n) is 38.8. The molecular formula is C44H54N10O14P2. The number of aliphatic hydroxyl groups is 1. The number of imidazole rings is 1. The second kappa shape index (κ2) is 21.8. The van der Waals surface area contributed by atoms with Gasteiger partial charge < -0.3 is 60.3 Å². The van der Waals surface area contributed by atoms with E-state index in [9.17, 15) is 33.5 Å². The third kappa shape index (κ3) is 11.8. The molecule has 9 N–H and O–H groups in total. The van der Waals surface area contributed by atoms with Crippen molar-refractivity contribution in [3.05, 3.63) is 83.2 Å². The number of aliphatic hydroxyl groups excluding tert-OH is 1. The second-order valence-corrected chi connectivity index (χ2v) is 19.1. The second-order valence-electron chi connectivity index (χ2n) is 16.3. The summed E-state index contributed by atoms with van der Waals surface area (Å²) in [6.07, 6.45) is -4.61. The number of alkyl carbamates (subject to hydrolysis) is 1. The summed E-state index contributed by atoms with van der Waals surface area (Å²) in [6.45, 7) is 8.45. The van der Waals surface area contributed by atoms with Gasteiger partial charge in [-0.25, -0.2) is 28.9 Å². The fraction of sp³-hybridized carbons (Fsp3) is 0.386. The normalized spacial score (nSPS) is 18.3. The number of nitrogens with one attached hydrogen (secondary N) is 3. The molecule has 26 heteroatoms. The lowest BCUT2D eigenvalue weighted by Gasteiger charge is -2.22. The van der Waals surface area contributed by atoms with Crippen molar-refractivity contribution in [3.63, 3.8) is 0 Å². The van der Waals surface area contributed by atoms with Crippen LogP contribution in [0.4, 0.5) is 16.3 Å². The number of nitrogen functional groups attached to an aromatic ring is 1. The molecule has 0 saturated carbocycles. The Balaban J connectivity index is 0.958. The van der Waals surface area contributed by atoms with Gasteiger partial charge >= 0.3 is 21.7 Å². The number of amides is 3. The van der Waals surface area contributed by atoms with Crippen LogP contribution in [-0.2, 0) is 32.2 Å². The van der Waals surface area contributed by atoms with E-state index in [1.165, 1.54) is 10.9 Å². The fourth-order valence-electron chi connectivity index (χ4n) is 8.10. The van der Waals surface area contributed by atoms with E-state index in [1.807, 2.05) is 64.1 Å². The van der Waals surface area contributed by atoms with Crippen molar-refractivity contribution in [2.75, 3.05) is 57.4 Å². The van der Waals surface area contributed by atoms with Gasteiger partial charge in [-0.3, -0.25) is 23.7 Å². The maximum Gasteiger partial charge on any atom is 0.481 e. The van der Waals surface area contributed by atoms with Gasteiger partial charge in [0.2, 0.25) is 5.91 Å². The first kappa shape index (κ1) is 51.5. The first-order valence-corrected chi connectivity index (χ1v) is 25.1. The van der Waals surface area contributed by atoms with Crippen LogP contribution >= 0.6 is 15.6 Å². The van der Waals surface area contributed by atoms with Crippen molar-refractivity contribution in [3.8, 4) is 22.5 Å². The van der Waals surface area contributed by atoms with Crippen LogP contribution in [0, 0.1) is 13.8 Å². The van der Waals surface area contributed by atoms with Gasteiger partial charge in [0.1, 0.15) is 35.4 Å². The van der Waals surface area contributed by atoms with E-state index in [0.717, 1.165) is 57.1 Å². The summed E-state index contributed by atoms with van der Waals surface area (Å²) in [5.41, 5.74) is 12.6. The number of phosphoric acid groups is 2. The quantitative estimate of drug-likeness (QED) is 0.0321. The molecule has 4 aromatic rings. The number of aromatic nitrogens is 4. The molecule has 0 radical (unpaired) electrons. The maximum absolute atomic E-state index is 14.2. The molecule has 7 rings (SSSR count). The maximum atomic E-state index is 14.2. The highest BCUT2D eigenvalue weighted by atomic mass is 31.3. The molecule has 0 spiro atoms. The molecule has 24 nitrogen and oxygen atoms in total. The molecule has 2 aliphatic heterocycles. The van der Waals surface area contributed by atoms with Gasteiger partial charge in [0.25, 0.3) is 5.91 Å². The number of nitrogens with zero attached hydrogens (tertiary/aromatic N) is 6. The minimum atomic E-state index is -5.48. The highest BCUT2D eigenvalue weighted by Gasteiger charge is 2.49. The van der Waals surface area contributed by atoms with Crippen LogP contribution in [0.1, 0.15) is 54.4 Å². The number of hydrogen-bond acceptors (Lipinski definition) is 17. The highest BCUT2D eigenvalue weighted by molar-refractivity contribution is 7.60. The summed E-state index contributed by atoms with van der Waals surface area (Å²) in [7, 11) is -9.19. The molecule has 3 aliphatic rings. The zero-order chi connectivity index (χ0) is 50.5. The van der Waals surface area contributed by atoms with Crippen molar-refractivity contribution < 1.29 is 66.0 Å². The van der Waals surface area contributed by atoms with E-state index < -0.39 is 52.9 Å². The topological polar surface area (TPSA) is 338 Å². The van der Waals surface area contributed by atoms with Crippen LogP contribution < -0.4 is 27.0 Å². The molecule has 1 fully saturated rings. The van der Waals surface area contributed by atoms with Crippen LogP contribution in [0.5, 0.6) is 0 Å². The van der Waals surface area contributed by atoms with E-state index in [4.69, 9.17) is 33.9 Å². The lowest BCUT2D eigenvalue weighted by atomic mass is 9.89. The number of rotatable bonds is 19. The number of nitrogens with two attached hydrogens (primary N) is 1. The van der Waals surface area contributed by atoms with Crippen molar-refractivity contribution in [2.24, 2.45) is 4.99 Å². The number of phosphoric ester groups is 1. The molecule has 1 unspecified atom stereocenters. The van der Waals surface area contributed by atoms with Crippen LogP contribution in [0.2, 0.25) is 0 Å². The zero-order valence-corrected chi connectivity index (χ0v) is 40.6. The average molecular weight is 1010 g/mol. The third-order valence-electron chi connectivity index (χ3n) is 11.3. The predicted octanol–water partition coefficient (Wildman–Crippen LogP) is 4.14. The van der Waals surface area contributed by atoms with Crippen LogP contribution in [0.25, 0.3) is 44.6 Å². The lowest BCUT2D eigenvalue weighted by molar-refractivity contribution is -0.121. The smallest absolute Gasteiger partial charge is 0.456 e. The summed E-state index contributed by atoms with van der Waals surface area (Å²) in [5.74, 6) is 0.0383. The monoisotopic (exact) mass is 1010 g/mol. The Labute approximate surface area is 400 Å². The number of anilines is 2. The fourth-order valence-corrected chi connectivity index (χ4v) is 9.70. The summed E-state index contributed by atoms with van der Waals surface area (Å²) < 4.78 is 50.9. The minimum absolute atomic E-state index is 0.0114. The number of aryl methyl sites for hydroxylation is 2. The largest absolute Gasteiger partial charge is 0.481 e. The van der Waals surface area contributed by atoms with Gasteiger partial charge in [0, 0.05) is 86.1 Å². The Morgan fingerprint density at radius 1 is 0.986 bits per heavy atom. The number of hydrogen-bond donors (Lipinski definition) is 8. The number of carbonyl (C=O) groups is 3. The van der Waals surface area contributed by atoms with Gasteiger partial charge in [-0.1, -0.05) is 18.2 Å². The lowest BCUT2D eigenvalue weighted by Crippen LogP contribution is -2.42. The average Bonchev–Trinajstić information content (AvgIpc) is 3.87. The van der Waals surface area contributed by atoms with E-state index in [1.54, 1.807) is 18.0 Å². The van der Waals surface area contributed by atoms with Gasteiger partial charge in [-0.15, -0.1) is 0 Å². The molecule has 2 aromatic heterocycles. The van der Waals surface area contributed by atoms with Gasteiger partial charge in [-0.05, 0) is 69.0 Å². The Bertz CT molecular complexity index is 3050. The molecular weight excluding hydrogens is 954 g/mol. The highest BCUT2D eigenvalue weighted by Crippen LogP contribution is 2.58. The van der Waals surface area contributed by atoms with E-state index in [0.29, 0.717) is 29.9 Å². The summed E-state index contributed by atoms with van der Waals surface area (Å²) in [4.78, 5) is 86.2. The molecule has 1 aliphatic carbocycles. The summed E-state index contributed by atoms with van der Waals surface area (Å²) in [5, 5.41) is 21.5. The molecule has 3 amide bonds. The van der Waals surface area contributed by atoms with Crippen molar-refractivity contribution in [1.82, 2.24) is 35.1 Å². The number of benzene rings is 3. The van der Waals surface area contributed by atoms with E-state index in [2.05, 4.69) is 46.3 Å². The number of fused-ring (bicyclic) bond motifs is 3. The first-order chi connectivity index (χ1) is 33.3. The first-order valence-electron chi connectivity index (χ1n) is 22.1. The number of carbonyl (C=O) groups excluding carboxylic acids is 3. The van der Waals surface area contributed by atoms with Crippen LogP contribution in [0.3, 0.4) is 0 Å². The van der Waals surface area contributed by atoms with Crippen molar-refractivity contribution >= 4 is 67.2 Å². The molecule has 5 atom stereocenters. The van der Waals surface area contributed by atoms with Crippen molar-refractivity contribution in [1.29, 1.82) is 0 Å². The van der Waals surface area contributed by atoms with Gasteiger partial charge in [0.15, 0.2) is 23.8 Å². The van der Waals surface area contributed by atoms with E-state index >= 15 is 0 Å². The van der Waals surface area contributed by atoms with Gasteiger partial charge in [-0.2, -0.15) is 4.31 Å². The third-order valence-corrected chi connectivity index (χ3v) is 13.4. The Morgan fingerprint density at radius 3 is 2.49 bits per heavy atom. The Morgan fingerprint density at radius 2 is 1.74 bits per heavy atom. The molecule has 70 heavy (non-hydrogen) atoms. The Kier molecular flexibility index (Phi) is 16.0. The minimum Gasteiger partial charge on any atom is -0.456 e. The van der Waals surface area contributed by atoms with Gasteiger partial charge in [0.05, 0.1) is 18.3 Å². The molecule has 4 heterocycles. The summed E-state index contributed by atoms with van der Waals surface area (Å²) >= 11 is 0. The summed E-state index contributed by atoms with van der Waals surface area (Å²) in [6, 6.07) is 15.4. The standard InChI is InChI=1S/C44H54N10O14P2/c1-6-46-30-19-32-28(17-24(30)3)36(29-18-25(4)31(47-7-2)20-33(29)65-32)26-11-8-9-12-27(26)42(57)53(5)16-10-13-35(55)48-14-15-49-44(58)67-39-34(21-64-70(62,63)68-69(59,60)61)66-43(38(39)56)54-23-52-37-40(45)50-22-51-41(37)54/h8-9,11-12,17-20,22-23,34,38-39,43,46,56H,6-7,10,13-16,21H2,1-5H3,(H,48,55)(H,49,58)(H,62,63)(H2,45,50,51)(H2,59,60,61)/t34-,38-,39-,43-/m1/s1.